The van der Waals surface area contributed by atoms with E-state index in [0.29, 0.717) is 6.54 Å². The maximum atomic E-state index is 12.2. The van der Waals surface area contributed by atoms with Crippen molar-refractivity contribution >= 4 is 23.3 Å². The van der Waals surface area contributed by atoms with Gasteiger partial charge < -0.3 is 15.3 Å². The Balaban J connectivity index is 2.62. The summed E-state index contributed by atoms with van der Waals surface area (Å²) in [4.78, 5) is 30.1. The Hall–Kier alpha value is -1.63. The van der Waals surface area contributed by atoms with Crippen LogP contribution in [-0.4, -0.2) is 40.1 Å². The highest BCUT2D eigenvalue weighted by atomic mass is 32.1. The molecule has 2 amide bonds. The number of nitrogens with zero attached hydrogens (tertiary/aromatic N) is 2. The largest absolute Gasteiger partial charge is 0.481 e. The number of thiazole rings is 1. The second-order valence-electron chi connectivity index (χ2n) is 4.97. The topological polar surface area (TPSA) is 82.5 Å². The minimum absolute atomic E-state index is 0.183. The fourth-order valence-corrected chi connectivity index (χ4v) is 2.65. The Bertz CT molecular complexity index is 490. The number of nitrogens with one attached hydrogen (secondary N) is 1. The Kier molecular flexibility index (Phi) is 6.61. The molecule has 0 saturated heterocycles. The van der Waals surface area contributed by atoms with Gasteiger partial charge in [-0.15, -0.1) is 11.3 Å². The fourth-order valence-electron chi connectivity index (χ4n) is 1.79. The Morgan fingerprint density at radius 3 is 2.57 bits per heavy atom. The second kappa shape index (κ2) is 7.97. The monoisotopic (exact) mass is 313 g/mol. The van der Waals surface area contributed by atoms with Crippen molar-refractivity contribution in [3.05, 3.63) is 16.1 Å². The van der Waals surface area contributed by atoms with E-state index in [1.165, 1.54) is 9.78 Å². The number of carboxylic acids is 1. The lowest BCUT2D eigenvalue weighted by molar-refractivity contribution is -0.141. The summed E-state index contributed by atoms with van der Waals surface area (Å²) in [5.74, 6) is -1.49. The van der Waals surface area contributed by atoms with Crippen LogP contribution in [0.4, 0.5) is 4.79 Å². The van der Waals surface area contributed by atoms with Crippen LogP contribution < -0.4 is 5.32 Å². The van der Waals surface area contributed by atoms with Crippen molar-refractivity contribution in [2.45, 2.75) is 40.2 Å². The third-order valence-corrected chi connectivity index (χ3v) is 4.54. The van der Waals surface area contributed by atoms with Gasteiger partial charge in [-0.1, -0.05) is 13.8 Å². The SMILES string of the molecule is CCc1cnc(C(C)NC(=O)N(CC)CC(C)C(=O)O)s1. The summed E-state index contributed by atoms with van der Waals surface area (Å²) in [7, 11) is 0. The highest BCUT2D eigenvalue weighted by Crippen LogP contribution is 2.20. The van der Waals surface area contributed by atoms with E-state index >= 15 is 0 Å². The molecule has 0 bridgehead atoms. The molecule has 7 heteroatoms. The minimum Gasteiger partial charge on any atom is -0.481 e. The van der Waals surface area contributed by atoms with Crippen molar-refractivity contribution in [3.8, 4) is 0 Å². The molecule has 1 heterocycles. The van der Waals surface area contributed by atoms with Gasteiger partial charge in [-0.3, -0.25) is 4.79 Å². The van der Waals surface area contributed by atoms with E-state index in [9.17, 15) is 9.59 Å². The van der Waals surface area contributed by atoms with Gasteiger partial charge in [0.2, 0.25) is 0 Å². The number of hydrogen-bond donors (Lipinski definition) is 2. The average Bonchev–Trinajstić information content (AvgIpc) is 2.92. The van der Waals surface area contributed by atoms with Gasteiger partial charge in [0.15, 0.2) is 0 Å². The molecule has 21 heavy (non-hydrogen) atoms. The van der Waals surface area contributed by atoms with Gasteiger partial charge in [0.1, 0.15) is 5.01 Å². The van der Waals surface area contributed by atoms with E-state index < -0.39 is 11.9 Å². The number of aromatic nitrogens is 1. The second-order valence-corrected chi connectivity index (χ2v) is 6.11. The molecule has 1 aromatic rings. The molecule has 0 aliphatic rings. The number of amides is 2. The lowest BCUT2D eigenvalue weighted by Gasteiger charge is -2.24. The van der Waals surface area contributed by atoms with Gasteiger partial charge in [-0.05, 0) is 20.3 Å². The van der Waals surface area contributed by atoms with Crippen LogP contribution in [0.5, 0.6) is 0 Å². The number of urea groups is 1. The molecule has 0 fully saturated rings. The Morgan fingerprint density at radius 2 is 2.10 bits per heavy atom. The summed E-state index contributed by atoms with van der Waals surface area (Å²) in [5, 5.41) is 12.7. The first-order chi connectivity index (χ1) is 9.88. The summed E-state index contributed by atoms with van der Waals surface area (Å²) >= 11 is 1.58. The summed E-state index contributed by atoms with van der Waals surface area (Å²) in [6.45, 7) is 8.03. The molecule has 2 N–H and O–H groups in total. The summed E-state index contributed by atoms with van der Waals surface area (Å²) in [6, 6.07) is -0.441. The number of hydrogen-bond acceptors (Lipinski definition) is 4. The van der Waals surface area contributed by atoms with Crippen molar-refractivity contribution in [3.63, 3.8) is 0 Å². The highest BCUT2D eigenvalue weighted by molar-refractivity contribution is 7.11. The predicted molar refractivity (Wildman–Crippen MR) is 82.5 cm³/mol. The molecular formula is C14H23N3O3S. The van der Waals surface area contributed by atoms with Crippen LogP contribution in [0, 0.1) is 5.92 Å². The van der Waals surface area contributed by atoms with Gasteiger partial charge in [-0.2, -0.15) is 0 Å². The number of carbonyl (C=O) groups excluding carboxylic acids is 1. The van der Waals surface area contributed by atoms with Crippen molar-refractivity contribution in [2.24, 2.45) is 5.92 Å². The molecule has 0 spiro atoms. The number of aryl methyl sites for hydroxylation is 1. The fraction of sp³-hybridized carbons (Fsp3) is 0.643. The molecule has 0 radical (unpaired) electrons. The van der Waals surface area contributed by atoms with Crippen molar-refractivity contribution in [1.29, 1.82) is 0 Å². The summed E-state index contributed by atoms with van der Waals surface area (Å²) < 4.78 is 0. The maximum Gasteiger partial charge on any atom is 0.317 e. The van der Waals surface area contributed by atoms with Crippen LogP contribution in [0.3, 0.4) is 0 Å². The first-order valence-corrected chi connectivity index (χ1v) is 7.93. The van der Waals surface area contributed by atoms with Crippen molar-refractivity contribution < 1.29 is 14.7 Å². The van der Waals surface area contributed by atoms with Crippen LogP contribution in [0.1, 0.15) is 43.6 Å². The van der Waals surface area contributed by atoms with E-state index in [2.05, 4.69) is 17.2 Å². The molecule has 118 valence electrons. The molecule has 0 aliphatic carbocycles. The first kappa shape index (κ1) is 17.4. The van der Waals surface area contributed by atoms with Crippen LogP contribution in [0.2, 0.25) is 0 Å². The van der Waals surface area contributed by atoms with E-state index in [4.69, 9.17) is 5.11 Å². The summed E-state index contributed by atoms with van der Waals surface area (Å²) in [6.07, 6.45) is 2.75. The molecule has 1 aromatic heterocycles. The van der Waals surface area contributed by atoms with E-state index in [-0.39, 0.29) is 18.6 Å². The lowest BCUT2D eigenvalue weighted by Crippen LogP contribution is -2.44. The first-order valence-electron chi connectivity index (χ1n) is 7.11. The maximum absolute atomic E-state index is 12.2. The van der Waals surface area contributed by atoms with Crippen molar-refractivity contribution in [2.75, 3.05) is 13.1 Å². The average molecular weight is 313 g/mol. The number of carbonyl (C=O) groups is 2. The van der Waals surface area contributed by atoms with Gasteiger partial charge in [0, 0.05) is 24.2 Å². The van der Waals surface area contributed by atoms with Gasteiger partial charge in [0.05, 0.1) is 12.0 Å². The smallest absolute Gasteiger partial charge is 0.317 e. The van der Waals surface area contributed by atoms with Crippen LogP contribution in [-0.2, 0) is 11.2 Å². The zero-order chi connectivity index (χ0) is 16.0. The number of rotatable bonds is 7. The van der Waals surface area contributed by atoms with E-state index in [0.717, 1.165) is 11.4 Å². The molecule has 6 nitrogen and oxygen atoms in total. The third-order valence-electron chi connectivity index (χ3n) is 3.22. The van der Waals surface area contributed by atoms with E-state index in [1.54, 1.807) is 18.3 Å². The molecule has 2 atom stereocenters. The standard InChI is InChI=1S/C14H23N3O3S/c1-5-11-7-15-12(21-11)10(4)16-14(20)17(6-2)8-9(3)13(18)19/h7,9-10H,5-6,8H2,1-4H3,(H,16,20)(H,18,19). The molecule has 0 aromatic carbocycles. The normalized spacial score (nSPS) is 13.5. The number of carboxylic acid groups (broad SMARTS) is 1. The predicted octanol–water partition coefficient (Wildman–Crippen LogP) is 2.52. The molecule has 0 saturated carbocycles. The van der Waals surface area contributed by atoms with Crippen LogP contribution >= 0.6 is 11.3 Å². The number of aliphatic carboxylic acids is 1. The molecular weight excluding hydrogens is 290 g/mol. The van der Waals surface area contributed by atoms with Crippen molar-refractivity contribution in [1.82, 2.24) is 15.2 Å². The highest BCUT2D eigenvalue weighted by Gasteiger charge is 2.21. The summed E-state index contributed by atoms with van der Waals surface area (Å²) in [5.41, 5.74) is 0. The van der Waals surface area contributed by atoms with Gasteiger partial charge in [-0.25, -0.2) is 9.78 Å². The van der Waals surface area contributed by atoms with Gasteiger partial charge in [0.25, 0.3) is 0 Å². The molecule has 1 rings (SSSR count). The molecule has 2 unspecified atom stereocenters. The zero-order valence-corrected chi connectivity index (χ0v) is 13.7. The quantitative estimate of drug-likeness (QED) is 0.810. The lowest BCUT2D eigenvalue weighted by atomic mass is 10.2. The zero-order valence-electron chi connectivity index (χ0n) is 12.9. The van der Waals surface area contributed by atoms with Crippen LogP contribution in [0.25, 0.3) is 0 Å². The molecule has 0 aliphatic heterocycles. The minimum atomic E-state index is -0.901. The van der Waals surface area contributed by atoms with E-state index in [1.807, 2.05) is 20.0 Å². The Labute approximate surface area is 129 Å². The van der Waals surface area contributed by atoms with Gasteiger partial charge >= 0.3 is 12.0 Å². The Morgan fingerprint density at radius 1 is 1.43 bits per heavy atom. The third kappa shape index (κ3) is 5.00. The van der Waals surface area contributed by atoms with Crippen LogP contribution in [0.15, 0.2) is 6.20 Å².